The zero-order valence-electron chi connectivity index (χ0n) is 10.2. The lowest BCUT2D eigenvalue weighted by Crippen LogP contribution is -1.95. The highest BCUT2D eigenvalue weighted by atomic mass is 35.5. The highest BCUT2D eigenvalue weighted by molar-refractivity contribution is 6.30. The van der Waals surface area contributed by atoms with Crippen molar-refractivity contribution in [1.29, 1.82) is 0 Å². The lowest BCUT2D eigenvalue weighted by molar-refractivity contribution is -0.385. The van der Waals surface area contributed by atoms with Gasteiger partial charge in [0.15, 0.2) is 11.6 Å². The van der Waals surface area contributed by atoms with Gasteiger partial charge < -0.3 is 4.74 Å². The van der Waals surface area contributed by atoms with E-state index >= 15 is 0 Å². The highest BCUT2D eigenvalue weighted by Crippen LogP contribution is 2.33. The Bertz CT molecular complexity index is 671. The van der Waals surface area contributed by atoms with Crippen molar-refractivity contribution in [3.8, 4) is 11.5 Å². The molecule has 0 bridgehead atoms. The van der Waals surface area contributed by atoms with Crippen LogP contribution in [0.2, 0.25) is 5.02 Å². The second-order valence-electron chi connectivity index (χ2n) is 3.86. The van der Waals surface area contributed by atoms with Gasteiger partial charge in [0.2, 0.25) is 0 Å². The molecule has 0 aliphatic carbocycles. The molecule has 0 aliphatic heterocycles. The minimum absolute atomic E-state index is 0.118. The third-order valence-electron chi connectivity index (χ3n) is 2.52. The van der Waals surface area contributed by atoms with Crippen LogP contribution in [0.5, 0.6) is 11.5 Å². The number of nitrogens with zero attached hydrogens (tertiary/aromatic N) is 1. The molecule has 102 valence electrons. The van der Waals surface area contributed by atoms with Gasteiger partial charge in [-0.1, -0.05) is 24.3 Å². The predicted octanol–water partition coefficient (Wildman–Crippen LogP) is 4.82. The molecule has 0 aromatic heterocycles. The summed E-state index contributed by atoms with van der Waals surface area (Å²) in [5, 5.41) is 11.2. The summed E-state index contributed by atoms with van der Waals surface area (Å²) in [5.41, 5.74) is -0.160. The quantitative estimate of drug-likeness (QED) is 0.599. The number of non-ortho nitro benzene ring substituents is 1. The molecular weight excluding hydrogens is 285 g/mol. The van der Waals surface area contributed by atoms with E-state index in [1.807, 2.05) is 0 Å². The Balaban J connectivity index is 2.43. The summed E-state index contributed by atoms with van der Waals surface area (Å²) in [5.74, 6) is -0.581. The van der Waals surface area contributed by atoms with Crippen molar-refractivity contribution in [2.45, 2.75) is 0 Å². The smallest absolute Gasteiger partial charge is 0.273 e. The first-order valence-electron chi connectivity index (χ1n) is 5.55. The number of rotatable bonds is 4. The number of halogens is 2. The minimum Gasteiger partial charge on any atom is -0.454 e. The van der Waals surface area contributed by atoms with E-state index in [0.29, 0.717) is 10.8 Å². The fraction of sp³-hybridized carbons (Fsp3) is 0. The van der Waals surface area contributed by atoms with Crippen LogP contribution < -0.4 is 4.74 Å². The van der Waals surface area contributed by atoms with Gasteiger partial charge in [0.25, 0.3) is 5.69 Å². The highest BCUT2D eigenvalue weighted by Gasteiger charge is 2.17. The van der Waals surface area contributed by atoms with Crippen molar-refractivity contribution in [3.05, 3.63) is 69.5 Å². The molecule has 0 amide bonds. The molecule has 0 radical (unpaired) electrons. The fourth-order valence-corrected chi connectivity index (χ4v) is 1.71. The number of hydrogen-bond acceptors (Lipinski definition) is 3. The Kier molecular flexibility index (Phi) is 4.00. The van der Waals surface area contributed by atoms with E-state index in [0.717, 1.165) is 6.07 Å². The van der Waals surface area contributed by atoms with Gasteiger partial charge in [-0.25, -0.2) is 4.39 Å². The summed E-state index contributed by atoms with van der Waals surface area (Å²) in [7, 11) is 0. The molecule has 0 N–H and O–H groups in total. The van der Waals surface area contributed by atoms with Crippen LogP contribution in [0, 0.1) is 15.9 Å². The fourth-order valence-electron chi connectivity index (χ4n) is 1.59. The molecular formula is C14H9ClFNO3. The number of ether oxygens (including phenoxy) is 1. The van der Waals surface area contributed by atoms with Crippen LogP contribution in [0.15, 0.2) is 43.0 Å². The molecule has 0 aliphatic rings. The summed E-state index contributed by atoms with van der Waals surface area (Å²) in [6.07, 6.45) is 1.29. The number of nitro benzene ring substituents is 1. The average Bonchev–Trinajstić information content (AvgIpc) is 2.42. The first-order chi connectivity index (χ1) is 9.51. The SMILES string of the molecule is C=Cc1cc([N+](=O)[O-])cc(F)c1Oc1ccc(Cl)cc1. The summed E-state index contributed by atoms with van der Waals surface area (Å²) >= 11 is 5.74. The van der Waals surface area contributed by atoms with E-state index in [4.69, 9.17) is 16.3 Å². The van der Waals surface area contributed by atoms with Crippen LogP contribution in [0.1, 0.15) is 5.56 Å². The van der Waals surface area contributed by atoms with Crippen LogP contribution in [0.25, 0.3) is 6.08 Å². The number of hydrogen-bond donors (Lipinski definition) is 0. The molecule has 0 atom stereocenters. The molecule has 4 nitrogen and oxygen atoms in total. The summed E-state index contributed by atoms with van der Waals surface area (Å²) in [6.45, 7) is 3.50. The predicted molar refractivity (Wildman–Crippen MR) is 74.7 cm³/mol. The number of benzene rings is 2. The van der Waals surface area contributed by atoms with E-state index in [-0.39, 0.29) is 17.0 Å². The molecule has 0 saturated carbocycles. The van der Waals surface area contributed by atoms with Crippen molar-refractivity contribution in [1.82, 2.24) is 0 Å². The molecule has 2 rings (SSSR count). The molecule has 0 unspecified atom stereocenters. The van der Waals surface area contributed by atoms with E-state index in [9.17, 15) is 14.5 Å². The standard InChI is InChI=1S/C14H9ClFNO3/c1-2-9-7-11(17(18)19)8-13(16)14(9)20-12-5-3-10(15)4-6-12/h2-8H,1H2. The second kappa shape index (κ2) is 5.71. The van der Waals surface area contributed by atoms with Crippen LogP contribution >= 0.6 is 11.6 Å². The summed E-state index contributed by atoms with van der Waals surface area (Å²) in [6, 6.07) is 8.31. The zero-order valence-corrected chi connectivity index (χ0v) is 10.9. The van der Waals surface area contributed by atoms with E-state index in [1.165, 1.54) is 12.1 Å². The monoisotopic (exact) mass is 293 g/mol. The minimum atomic E-state index is -0.830. The van der Waals surface area contributed by atoms with E-state index < -0.39 is 10.7 Å². The van der Waals surface area contributed by atoms with Gasteiger partial charge in [0, 0.05) is 16.7 Å². The van der Waals surface area contributed by atoms with Gasteiger partial charge in [-0.05, 0) is 24.3 Å². The van der Waals surface area contributed by atoms with E-state index in [1.54, 1.807) is 24.3 Å². The summed E-state index contributed by atoms with van der Waals surface area (Å²) in [4.78, 5) is 10.00. The van der Waals surface area contributed by atoms with Gasteiger partial charge in [-0.15, -0.1) is 0 Å². The van der Waals surface area contributed by atoms with E-state index in [2.05, 4.69) is 6.58 Å². The van der Waals surface area contributed by atoms with Crippen molar-refractivity contribution < 1.29 is 14.1 Å². The third kappa shape index (κ3) is 2.95. The number of nitro groups is 1. The van der Waals surface area contributed by atoms with Gasteiger partial charge in [0.05, 0.1) is 11.0 Å². The molecule has 6 heteroatoms. The maximum absolute atomic E-state index is 13.9. The Labute approximate surface area is 119 Å². The van der Waals surface area contributed by atoms with Gasteiger partial charge in [0.1, 0.15) is 5.75 Å². The third-order valence-corrected chi connectivity index (χ3v) is 2.77. The van der Waals surface area contributed by atoms with Crippen LogP contribution in [0.3, 0.4) is 0 Å². The van der Waals surface area contributed by atoms with Gasteiger partial charge in [-0.2, -0.15) is 0 Å². The first-order valence-corrected chi connectivity index (χ1v) is 5.93. The van der Waals surface area contributed by atoms with Gasteiger partial charge in [-0.3, -0.25) is 10.1 Å². The summed E-state index contributed by atoms with van der Waals surface area (Å²) < 4.78 is 19.3. The molecule has 2 aromatic rings. The molecule has 0 spiro atoms. The van der Waals surface area contributed by atoms with Crippen LogP contribution in [-0.2, 0) is 0 Å². The molecule has 0 fully saturated rings. The Hall–Kier alpha value is -2.40. The van der Waals surface area contributed by atoms with Crippen molar-refractivity contribution in [3.63, 3.8) is 0 Å². The molecule has 20 heavy (non-hydrogen) atoms. The lowest BCUT2D eigenvalue weighted by Gasteiger charge is -2.10. The average molecular weight is 294 g/mol. The first kappa shape index (κ1) is 14.0. The van der Waals surface area contributed by atoms with Crippen molar-refractivity contribution in [2.24, 2.45) is 0 Å². The molecule has 0 saturated heterocycles. The molecule has 2 aromatic carbocycles. The zero-order chi connectivity index (χ0) is 14.7. The maximum atomic E-state index is 13.9. The lowest BCUT2D eigenvalue weighted by atomic mass is 10.1. The normalized spacial score (nSPS) is 10.1. The van der Waals surface area contributed by atoms with Crippen molar-refractivity contribution in [2.75, 3.05) is 0 Å². The van der Waals surface area contributed by atoms with Crippen molar-refractivity contribution >= 4 is 23.4 Å². The Morgan fingerprint density at radius 1 is 1.30 bits per heavy atom. The van der Waals surface area contributed by atoms with Crippen LogP contribution in [0.4, 0.5) is 10.1 Å². The van der Waals surface area contributed by atoms with Gasteiger partial charge >= 0.3 is 0 Å². The largest absolute Gasteiger partial charge is 0.454 e. The van der Waals surface area contributed by atoms with Crippen LogP contribution in [-0.4, -0.2) is 4.92 Å². The maximum Gasteiger partial charge on any atom is 0.273 e. The Morgan fingerprint density at radius 3 is 2.50 bits per heavy atom. The topological polar surface area (TPSA) is 52.4 Å². The molecule has 0 heterocycles. The second-order valence-corrected chi connectivity index (χ2v) is 4.30. The Morgan fingerprint density at radius 2 is 1.95 bits per heavy atom.